The molecular formula is C15H21F3N2O. The number of halogens is 3. The van der Waals surface area contributed by atoms with Crippen molar-refractivity contribution in [3.8, 4) is 0 Å². The lowest BCUT2D eigenvalue weighted by Crippen LogP contribution is -2.49. The van der Waals surface area contributed by atoms with Crippen molar-refractivity contribution in [2.75, 3.05) is 19.6 Å². The molecule has 1 aromatic carbocycles. The number of aliphatic hydroxyl groups excluding tert-OH is 1. The molecule has 21 heavy (non-hydrogen) atoms. The maximum absolute atomic E-state index is 12.3. The zero-order valence-corrected chi connectivity index (χ0v) is 11.8. The fraction of sp³-hybridized carbons (Fsp3) is 0.600. The monoisotopic (exact) mass is 302 g/mol. The molecule has 1 fully saturated rings. The highest BCUT2D eigenvalue weighted by atomic mass is 19.4. The van der Waals surface area contributed by atoms with Crippen LogP contribution < -0.4 is 5.32 Å². The second-order valence-corrected chi connectivity index (χ2v) is 5.53. The van der Waals surface area contributed by atoms with Gasteiger partial charge in [0.1, 0.15) is 0 Å². The highest BCUT2D eigenvalue weighted by molar-refractivity contribution is 5.14. The first kappa shape index (κ1) is 16.3. The van der Waals surface area contributed by atoms with E-state index in [-0.39, 0.29) is 6.04 Å². The van der Waals surface area contributed by atoms with Crippen LogP contribution in [0, 0.1) is 0 Å². The summed E-state index contributed by atoms with van der Waals surface area (Å²) in [6, 6.07) is 10.0. The number of hydrogen-bond donors (Lipinski definition) is 2. The van der Waals surface area contributed by atoms with E-state index in [4.69, 9.17) is 5.11 Å². The van der Waals surface area contributed by atoms with Crippen LogP contribution in [-0.2, 0) is 6.54 Å². The van der Waals surface area contributed by atoms with Crippen molar-refractivity contribution >= 4 is 0 Å². The third kappa shape index (κ3) is 5.30. The van der Waals surface area contributed by atoms with Crippen LogP contribution in [0.2, 0.25) is 0 Å². The molecule has 2 N–H and O–H groups in total. The average molecular weight is 302 g/mol. The normalized spacial score (nSPS) is 22.2. The quantitative estimate of drug-likeness (QED) is 0.875. The zero-order chi connectivity index (χ0) is 15.3. The molecule has 2 atom stereocenters. The van der Waals surface area contributed by atoms with E-state index in [0.29, 0.717) is 6.54 Å². The lowest BCUT2D eigenvalue weighted by molar-refractivity contribution is -0.202. The Morgan fingerprint density at radius 2 is 2.00 bits per heavy atom. The third-order valence-electron chi connectivity index (χ3n) is 3.73. The van der Waals surface area contributed by atoms with Gasteiger partial charge in [-0.25, -0.2) is 0 Å². The summed E-state index contributed by atoms with van der Waals surface area (Å²) in [4.78, 5) is 2.23. The molecule has 0 amide bonds. The van der Waals surface area contributed by atoms with Crippen LogP contribution in [0.15, 0.2) is 30.3 Å². The van der Waals surface area contributed by atoms with Crippen molar-refractivity contribution in [1.29, 1.82) is 0 Å². The van der Waals surface area contributed by atoms with Gasteiger partial charge in [-0.3, -0.25) is 4.90 Å². The van der Waals surface area contributed by atoms with Crippen molar-refractivity contribution in [2.45, 2.75) is 37.7 Å². The van der Waals surface area contributed by atoms with Gasteiger partial charge < -0.3 is 10.4 Å². The van der Waals surface area contributed by atoms with Gasteiger partial charge in [0.05, 0.1) is 0 Å². The molecule has 0 spiro atoms. The fourth-order valence-corrected chi connectivity index (χ4v) is 2.60. The van der Waals surface area contributed by atoms with Gasteiger partial charge in [0, 0.05) is 25.7 Å². The second kappa shape index (κ2) is 7.24. The van der Waals surface area contributed by atoms with E-state index in [1.54, 1.807) is 0 Å². The summed E-state index contributed by atoms with van der Waals surface area (Å²) in [5.74, 6) is 0. The molecule has 1 aromatic rings. The van der Waals surface area contributed by atoms with E-state index in [1.807, 2.05) is 30.3 Å². The Morgan fingerprint density at radius 3 is 2.67 bits per heavy atom. The van der Waals surface area contributed by atoms with Crippen LogP contribution in [0.1, 0.15) is 18.4 Å². The van der Waals surface area contributed by atoms with Crippen molar-refractivity contribution in [1.82, 2.24) is 10.2 Å². The van der Waals surface area contributed by atoms with E-state index in [0.717, 1.165) is 25.9 Å². The van der Waals surface area contributed by atoms with E-state index < -0.39 is 18.8 Å². The predicted octanol–water partition coefficient (Wildman–Crippen LogP) is 2.16. The molecule has 0 radical (unpaired) electrons. The molecule has 6 heteroatoms. The van der Waals surface area contributed by atoms with E-state index in [1.165, 1.54) is 5.56 Å². The minimum Gasteiger partial charge on any atom is -0.382 e. The number of benzene rings is 1. The summed E-state index contributed by atoms with van der Waals surface area (Å²) < 4.78 is 36.8. The van der Waals surface area contributed by atoms with Crippen molar-refractivity contribution < 1.29 is 18.3 Å². The topological polar surface area (TPSA) is 35.5 Å². The Bertz CT molecular complexity index is 425. The number of hydrogen-bond acceptors (Lipinski definition) is 3. The smallest absolute Gasteiger partial charge is 0.382 e. The van der Waals surface area contributed by atoms with Crippen LogP contribution in [0.4, 0.5) is 13.2 Å². The number of alkyl halides is 3. The molecule has 2 rings (SSSR count). The molecule has 1 aliphatic rings. The van der Waals surface area contributed by atoms with Crippen LogP contribution >= 0.6 is 0 Å². The number of nitrogens with one attached hydrogen (secondary N) is 1. The summed E-state index contributed by atoms with van der Waals surface area (Å²) in [5.41, 5.74) is 1.20. The average Bonchev–Trinajstić information content (AvgIpc) is 2.45. The minimum atomic E-state index is -4.55. The van der Waals surface area contributed by atoms with Gasteiger partial charge in [-0.1, -0.05) is 30.3 Å². The lowest BCUT2D eigenvalue weighted by atomic mass is 10.0. The Labute approximate surface area is 122 Å². The summed E-state index contributed by atoms with van der Waals surface area (Å²) in [6.07, 6.45) is -5.05. The SMILES string of the molecule is OC(CNC1CCCN(Cc2ccccc2)C1)C(F)(F)F. The largest absolute Gasteiger partial charge is 0.415 e. The Kier molecular flexibility index (Phi) is 5.61. The summed E-state index contributed by atoms with van der Waals surface area (Å²) in [7, 11) is 0. The van der Waals surface area contributed by atoms with Crippen molar-refractivity contribution in [2.24, 2.45) is 0 Å². The van der Waals surface area contributed by atoms with Crippen molar-refractivity contribution in [3.63, 3.8) is 0 Å². The predicted molar refractivity (Wildman–Crippen MR) is 74.8 cm³/mol. The Morgan fingerprint density at radius 1 is 1.29 bits per heavy atom. The molecular weight excluding hydrogens is 281 g/mol. The maximum atomic E-state index is 12.3. The van der Waals surface area contributed by atoms with E-state index in [2.05, 4.69) is 10.2 Å². The Hall–Kier alpha value is -1.11. The molecule has 0 bridgehead atoms. The van der Waals surface area contributed by atoms with Crippen LogP contribution in [0.3, 0.4) is 0 Å². The lowest BCUT2D eigenvalue weighted by Gasteiger charge is -2.33. The summed E-state index contributed by atoms with van der Waals surface area (Å²) in [6.45, 7) is 2.03. The molecule has 3 nitrogen and oxygen atoms in total. The zero-order valence-electron chi connectivity index (χ0n) is 11.8. The molecule has 1 aliphatic heterocycles. The molecule has 0 saturated carbocycles. The second-order valence-electron chi connectivity index (χ2n) is 5.53. The van der Waals surface area contributed by atoms with Gasteiger partial charge in [0.15, 0.2) is 6.10 Å². The molecule has 118 valence electrons. The third-order valence-corrected chi connectivity index (χ3v) is 3.73. The van der Waals surface area contributed by atoms with Gasteiger partial charge in [0.25, 0.3) is 0 Å². The van der Waals surface area contributed by atoms with Gasteiger partial charge in [-0.05, 0) is 24.9 Å². The first-order chi connectivity index (χ1) is 9.95. The van der Waals surface area contributed by atoms with Gasteiger partial charge in [-0.15, -0.1) is 0 Å². The number of aliphatic hydroxyl groups is 1. The van der Waals surface area contributed by atoms with Gasteiger partial charge >= 0.3 is 6.18 Å². The highest BCUT2D eigenvalue weighted by Crippen LogP contribution is 2.20. The molecule has 2 unspecified atom stereocenters. The van der Waals surface area contributed by atoms with E-state index in [9.17, 15) is 13.2 Å². The van der Waals surface area contributed by atoms with Crippen LogP contribution in [0.25, 0.3) is 0 Å². The standard InChI is InChI=1S/C15H21F3N2O/c16-15(17,18)14(21)9-19-13-7-4-8-20(11-13)10-12-5-2-1-3-6-12/h1-3,5-6,13-14,19,21H,4,7-11H2. The molecule has 0 aliphatic carbocycles. The summed E-state index contributed by atoms with van der Waals surface area (Å²) in [5, 5.41) is 11.8. The van der Waals surface area contributed by atoms with Gasteiger partial charge in [-0.2, -0.15) is 13.2 Å². The number of likely N-dealkylation sites (tertiary alicyclic amines) is 1. The minimum absolute atomic E-state index is 0.000498. The van der Waals surface area contributed by atoms with Crippen LogP contribution in [-0.4, -0.2) is 48.0 Å². The number of piperidine rings is 1. The van der Waals surface area contributed by atoms with Gasteiger partial charge in [0.2, 0.25) is 0 Å². The molecule has 0 aromatic heterocycles. The Balaban J connectivity index is 1.78. The molecule has 1 saturated heterocycles. The fourth-order valence-electron chi connectivity index (χ4n) is 2.60. The number of rotatable bonds is 5. The first-order valence-electron chi connectivity index (χ1n) is 7.19. The number of nitrogens with zero attached hydrogens (tertiary/aromatic N) is 1. The van der Waals surface area contributed by atoms with E-state index >= 15 is 0 Å². The van der Waals surface area contributed by atoms with Crippen LogP contribution in [0.5, 0.6) is 0 Å². The summed E-state index contributed by atoms with van der Waals surface area (Å²) >= 11 is 0. The first-order valence-corrected chi connectivity index (χ1v) is 7.19. The highest BCUT2D eigenvalue weighted by Gasteiger charge is 2.38. The van der Waals surface area contributed by atoms with Crippen molar-refractivity contribution in [3.05, 3.63) is 35.9 Å². The molecule has 1 heterocycles. The maximum Gasteiger partial charge on any atom is 0.415 e.